The molecule has 0 spiro atoms. The van der Waals surface area contributed by atoms with Gasteiger partial charge in [0.1, 0.15) is 0 Å². The molecule has 2 fully saturated rings. The van der Waals surface area contributed by atoms with Crippen molar-refractivity contribution in [1.82, 2.24) is 21.3 Å². The number of aliphatic imine (C=N–C) groups is 1. The molecule has 0 aromatic rings. The third kappa shape index (κ3) is 7.85. The maximum atomic E-state index is 11.6. The maximum Gasteiger partial charge on any atom is 0.223 e. The zero-order valence-electron chi connectivity index (χ0n) is 14.0. The van der Waals surface area contributed by atoms with Gasteiger partial charge in [0.15, 0.2) is 5.96 Å². The quantitative estimate of drug-likeness (QED) is 0.261. The number of rotatable bonds is 10. The molecular weight excluding hydrogens is 294 g/mol. The Balaban J connectivity index is 1.54. The molecule has 2 saturated carbocycles. The largest absolute Gasteiger partial charge is 0.357 e. The number of carbonyl (C=O) groups is 2. The highest BCUT2D eigenvalue weighted by Crippen LogP contribution is 2.28. The summed E-state index contributed by atoms with van der Waals surface area (Å²) in [4.78, 5) is 27.5. The van der Waals surface area contributed by atoms with E-state index >= 15 is 0 Å². The summed E-state index contributed by atoms with van der Waals surface area (Å²) in [6.45, 7) is 4.65. The van der Waals surface area contributed by atoms with E-state index in [0.29, 0.717) is 32.1 Å². The minimum atomic E-state index is 0.128. The van der Waals surface area contributed by atoms with Crippen molar-refractivity contribution in [3.63, 3.8) is 0 Å². The van der Waals surface area contributed by atoms with Gasteiger partial charge in [-0.25, -0.2) is 0 Å². The van der Waals surface area contributed by atoms with Crippen molar-refractivity contribution >= 4 is 17.8 Å². The summed E-state index contributed by atoms with van der Waals surface area (Å²) in [5, 5.41) is 12.2. The number of nitrogens with one attached hydrogen (secondary N) is 4. The molecule has 0 aromatic heterocycles. The standard InChI is InChI=1S/C16H29N5O2/c1-2-17-16(20-11-10-18-15(23)12-5-6-12)19-9-3-4-14(22)21-13-7-8-13/h12-13H,2-11H2,1H3,(H,18,23)(H,21,22)(H2,17,19,20). The number of amides is 2. The molecule has 7 nitrogen and oxygen atoms in total. The second kappa shape index (κ2) is 9.37. The van der Waals surface area contributed by atoms with Crippen LogP contribution in [-0.4, -0.2) is 50.0 Å². The summed E-state index contributed by atoms with van der Waals surface area (Å²) in [6, 6.07) is 0.427. The van der Waals surface area contributed by atoms with E-state index < -0.39 is 0 Å². The molecule has 2 aliphatic rings. The van der Waals surface area contributed by atoms with E-state index in [4.69, 9.17) is 0 Å². The van der Waals surface area contributed by atoms with E-state index in [1.54, 1.807) is 0 Å². The molecule has 23 heavy (non-hydrogen) atoms. The zero-order valence-corrected chi connectivity index (χ0v) is 14.0. The van der Waals surface area contributed by atoms with Gasteiger partial charge < -0.3 is 21.3 Å². The molecular formula is C16H29N5O2. The van der Waals surface area contributed by atoms with Gasteiger partial charge >= 0.3 is 0 Å². The molecule has 0 heterocycles. The van der Waals surface area contributed by atoms with Crippen molar-refractivity contribution in [3.05, 3.63) is 0 Å². The highest BCUT2D eigenvalue weighted by Gasteiger charge is 2.28. The van der Waals surface area contributed by atoms with Gasteiger partial charge in [-0.05, 0) is 39.0 Å². The van der Waals surface area contributed by atoms with Crippen LogP contribution in [0.25, 0.3) is 0 Å². The SMILES string of the molecule is CCNC(=NCCCC(=O)NC1CC1)NCCNC(=O)C1CC1. The average Bonchev–Trinajstić information content (AvgIpc) is 3.40. The first-order chi connectivity index (χ1) is 11.2. The molecule has 0 atom stereocenters. The van der Waals surface area contributed by atoms with Crippen molar-refractivity contribution < 1.29 is 9.59 Å². The Bertz CT molecular complexity index is 430. The zero-order chi connectivity index (χ0) is 16.5. The summed E-state index contributed by atoms with van der Waals surface area (Å²) in [6.07, 6.45) is 5.56. The maximum absolute atomic E-state index is 11.6. The lowest BCUT2D eigenvalue weighted by atomic mass is 10.3. The summed E-state index contributed by atoms with van der Waals surface area (Å²) in [7, 11) is 0. The Hall–Kier alpha value is -1.79. The molecule has 0 radical (unpaired) electrons. The van der Waals surface area contributed by atoms with Crippen molar-refractivity contribution in [2.75, 3.05) is 26.2 Å². The molecule has 130 valence electrons. The number of hydrogen-bond acceptors (Lipinski definition) is 3. The number of hydrogen-bond donors (Lipinski definition) is 4. The third-order valence-corrected chi connectivity index (χ3v) is 3.78. The summed E-state index contributed by atoms with van der Waals surface area (Å²) in [5.74, 6) is 1.27. The van der Waals surface area contributed by atoms with Gasteiger partial charge in [-0.3, -0.25) is 14.6 Å². The molecule has 2 aliphatic carbocycles. The summed E-state index contributed by atoms with van der Waals surface area (Å²) in [5.41, 5.74) is 0. The molecule has 0 saturated heterocycles. The lowest BCUT2D eigenvalue weighted by Crippen LogP contribution is -2.41. The van der Waals surface area contributed by atoms with Gasteiger partial charge in [-0.1, -0.05) is 0 Å². The topological polar surface area (TPSA) is 94.6 Å². The smallest absolute Gasteiger partial charge is 0.223 e. The first-order valence-corrected chi connectivity index (χ1v) is 8.78. The van der Waals surface area contributed by atoms with Gasteiger partial charge in [0.05, 0.1) is 0 Å². The second-order valence-corrected chi connectivity index (χ2v) is 6.20. The van der Waals surface area contributed by atoms with E-state index in [0.717, 1.165) is 44.6 Å². The highest BCUT2D eigenvalue weighted by atomic mass is 16.2. The van der Waals surface area contributed by atoms with Crippen LogP contribution in [0.3, 0.4) is 0 Å². The Morgan fingerprint density at radius 2 is 1.78 bits per heavy atom. The van der Waals surface area contributed by atoms with Gasteiger partial charge in [0.25, 0.3) is 0 Å². The predicted octanol–water partition coefficient (Wildman–Crippen LogP) is 0.127. The summed E-state index contributed by atoms with van der Waals surface area (Å²) >= 11 is 0. The van der Waals surface area contributed by atoms with Crippen molar-refractivity contribution in [3.8, 4) is 0 Å². The van der Waals surface area contributed by atoms with Gasteiger partial charge in [0, 0.05) is 44.6 Å². The minimum absolute atomic E-state index is 0.128. The molecule has 0 unspecified atom stereocenters. The van der Waals surface area contributed by atoms with E-state index in [1.807, 2.05) is 6.92 Å². The fourth-order valence-electron chi connectivity index (χ4n) is 2.16. The van der Waals surface area contributed by atoms with E-state index in [9.17, 15) is 9.59 Å². The molecule has 2 amide bonds. The fraction of sp³-hybridized carbons (Fsp3) is 0.812. The predicted molar refractivity (Wildman–Crippen MR) is 90.1 cm³/mol. The van der Waals surface area contributed by atoms with E-state index in [1.165, 1.54) is 0 Å². The van der Waals surface area contributed by atoms with Crippen molar-refractivity contribution in [2.24, 2.45) is 10.9 Å². The van der Waals surface area contributed by atoms with Crippen LogP contribution in [0.5, 0.6) is 0 Å². The normalized spacial score (nSPS) is 17.5. The van der Waals surface area contributed by atoms with E-state index in [-0.39, 0.29) is 17.7 Å². The molecule has 2 rings (SSSR count). The fourth-order valence-corrected chi connectivity index (χ4v) is 2.16. The highest BCUT2D eigenvalue weighted by molar-refractivity contribution is 5.81. The molecule has 4 N–H and O–H groups in total. The lowest BCUT2D eigenvalue weighted by molar-refractivity contribution is -0.122. The average molecular weight is 323 g/mol. The minimum Gasteiger partial charge on any atom is -0.357 e. The monoisotopic (exact) mass is 323 g/mol. The van der Waals surface area contributed by atoms with Crippen LogP contribution in [0.4, 0.5) is 0 Å². The molecule has 7 heteroatoms. The Kier molecular flexibility index (Phi) is 7.16. The Labute approximate surface area is 138 Å². The van der Waals surface area contributed by atoms with Crippen LogP contribution in [0.2, 0.25) is 0 Å². The van der Waals surface area contributed by atoms with Crippen LogP contribution >= 0.6 is 0 Å². The van der Waals surface area contributed by atoms with Gasteiger partial charge in [-0.2, -0.15) is 0 Å². The second-order valence-electron chi connectivity index (χ2n) is 6.20. The molecule has 0 bridgehead atoms. The van der Waals surface area contributed by atoms with E-state index in [2.05, 4.69) is 26.3 Å². The lowest BCUT2D eigenvalue weighted by Gasteiger charge is -2.11. The van der Waals surface area contributed by atoms with Crippen LogP contribution < -0.4 is 21.3 Å². The summed E-state index contributed by atoms with van der Waals surface area (Å²) < 4.78 is 0. The van der Waals surface area contributed by atoms with Gasteiger partial charge in [0.2, 0.25) is 11.8 Å². The Morgan fingerprint density at radius 3 is 2.43 bits per heavy atom. The van der Waals surface area contributed by atoms with Crippen LogP contribution in [0.1, 0.15) is 45.4 Å². The van der Waals surface area contributed by atoms with Crippen LogP contribution in [-0.2, 0) is 9.59 Å². The van der Waals surface area contributed by atoms with Crippen molar-refractivity contribution in [1.29, 1.82) is 0 Å². The van der Waals surface area contributed by atoms with Gasteiger partial charge in [-0.15, -0.1) is 0 Å². The number of guanidine groups is 1. The number of nitrogens with zero attached hydrogens (tertiary/aromatic N) is 1. The third-order valence-electron chi connectivity index (χ3n) is 3.78. The van der Waals surface area contributed by atoms with Crippen molar-refractivity contribution in [2.45, 2.75) is 51.5 Å². The molecule has 0 aromatic carbocycles. The van der Waals surface area contributed by atoms with Crippen LogP contribution in [0, 0.1) is 5.92 Å². The molecule has 0 aliphatic heterocycles. The van der Waals surface area contributed by atoms with Crippen LogP contribution in [0.15, 0.2) is 4.99 Å². The number of carbonyl (C=O) groups excluding carboxylic acids is 2. The Morgan fingerprint density at radius 1 is 1.04 bits per heavy atom. The first-order valence-electron chi connectivity index (χ1n) is 8.78. The first kappa shape index (κ1) is 17.6.